The zero-order chi connectivity index (χ0) is 17.6. The molecule has 1 unspecified atom stereocenters. The Hall–Kier alpha value is -1.71. The lowest BCUT2D eigenvalue weighted by molar-refractivity contribution is -0.125. The normalized spacial score (nSPS) is 16.6. The van der Waals surface area contributed by atoms with E-state index in [0.29, 0.717) is 32.2 Å². The average molecular weight is 462 g/mol. The predicted octanol–water partition coefficient (Wildman–Crippen LogP) is 1.51. The van der Waals surface area contributed by atoms with Crippen LogP contribution in [0.5, 0.6) is 11.5 Å². The second-order valence-electron chi connectivity index (χ2n) is 6.32. The zero-order valence-corrected chi connectivity index (χ0v) is 17.2. The molecule has 2 rings (SSSR count). The third kappa shape index (κ3) is 6.26. The Morgan fingerprint density at radius 2 is 2.00 bits per heavy atom. The van der Waals surface area contributed by atoms with Gasteiger partial charge < -0.3 is 25.8 Å². The first kappa shape index (κ1) is 21.3. The number of hydrogen-bond acceptors (Lipinski definition) is 4. The van der Waals surface area contributed by atoms with Crippen molar-refractivity contribution in [2.75, 3.05) is 26.2 Å². The monoisotopic (exact) mass is 462 g/mol. The second-order valence-corrected chi connectivity index (χ2v) is 6.32. The summed E-state index contributed by atoms with van der Waals surface area (Å²) in [5, 5.41) is 6.36. The molecule has 0 saturated heterocycles. The molecular formula is C17H27IN4O3. The lowest BCUT2D eigenvalue weighted by Crippen LogP contribution is -2.46. The highest BCUT2D eigenvalue weighted by molar-refractivity contribution is 14.0. The molecule has 0 aromatic heterocycles. The Morgan fingerprint density at radius 3 is 2.64 bits per heavy atom. The molecule has 1 aliphatic rings. The van der Waals surface area contributed by atoms with E-state index in [4.69, 9.17) is 15.2 Å². The van der Waals surface area contributed by atoms with Crippen LogP contribution in [0.25, 0.3) is 0 Å². The summed E-state index contributed by atoms with van der Waals surface area (Å²) >= 11 is 0. The Bertz CT molecular complexity index is 607. The largest absolute Gasteiger partial charge is 0.486 e. The molecular weight excluding hydrogens is 435 g/mol. The third-order valence-electron chi connectivity index (χ3n) is 3.71. The number of carbonyl (C=O) groups excluding carboxylic acids is 1. The van der Waals surface area contributed by atoms with E-state index in [0.717, 1.165) is 11.5 Å². The summed E-state index contributed by atoms with van der Waals surface area (Å²) in [6, 6.07) is 7.60. The molecule has 140 valence electrons. The number of amides is 1. The van der Waals surface area contributed by atoms with Gasteiger partial charge in [0.1, 0.15) is 12.7 Å². The average Bonchev–Trinajstić information content (AvgIpc) is 2.57. The number of fused-ring (bicyclic) bond motifs is 1. The number of para-hydroxylation sites is 2. The highest BCUT2D eigenvalue weighted by atomic mass is 127. The number of primary amides is 1. The number of rotatable bonds is 6. The van der Waals surface area contributed by atoms with E-state index in [2.05, 4.69) is 15.6 Å². The van der Waals surface area contributed by atoms with Crippen LogP contribution in [0.1, 0.15) is 20.8 Å². The van der Waals surface area contributed by atoms with Crippen LogP contribution in [-0.4, -0.2) is 44.2 Å². The van der Waals surface area contributed by atoms with Crippen LogP contribution in [-0.2, 0) is 4.79 Å². The van der Waals surface area contributed by atoms with Gasteiger partial charge in [0, 0.05) is 6.54 Å². The first-order chi connectivity index (χ1) is 11.4. The zero-order valence-electron chi connectivity index (χ0n) is 14.9. The van der Waals surface area contributed by atoms with E-state index in [1.54, 1.807) is 13.8 Å². The second kappa shape index (κ2) is 9.69. The molecule has 0 bridgehead atoms. The van der Waals surface area contributed by atoms with Crippen LogP contribution in [0.15, 0.2) is 29.3 Å². The summed E-state index contributed by atoms with van der Waals surface area (Å²) in [6.07, 6.45) is -0.118. The number of guanidine groups is 1. The SMILES string of the molecule is CCNC(=NCC(C)(C)C(N)=O)NCC1COc2ccccc2O1.I. The lowest BCUT2D eigenvalue weighted by atomic mass is 9.93. The van der Waals surface area contributed by atoms with Crippen molar-refractivity contribution in [2.24, 2.45) is 16.1 Å². The number of carbonyl (C=O) groups is 1. The van der Waals surface area contributed by atoms with Gasteiger partial charge in [-0.15, -0.1) is 24.0 Å². The Kier molecular flexibility index (Phi) is 8.27. The summed E-state index contributed by atoms with van der Waals surface area (Å²) in [5.74, 6) is 1.75. The third-order valence-corrected chi connectivity index (χ3v) is 3.71. The summed E-state index contributed by atoms with van der Waals surface area (Å²) in [6.45, 7) is 7.56. The fourth-order valence-corrected chi connectivity index (χ4v) is 2.07. The molecule has 1 heterocycles. The molecule has 8 heteroatoms. The standard InChI is InChI=1S/C17H26N4O3.HI/c1-4-19-16(21-11-17(2,3)15(18)22)20-9-12-10-23-13-7-5-6-8-14(13)24-12;/h5-8,12H,4,9-11H2,1-3H3,(H2,18,22)(H2,19,20,21);1H. The van der Waals surface area contributed by atoms with E-state index in [1.807, 2.05) is 31.2 Å². The van der Waals surface area contributed by atoms with Crippen molar-refractivity contribution in [2.45, 2.75) is 26.9 Å². The molecule has 1 aromatic carbocycles. The van der Waals surface area contributed by atoms with Crippen molar-refractivity contribution in [3.63, 3.8) is 0 Å². The van der Waals surface area contributed by atoms with Crippen LogP contribution in [0.3, 0.4) is 0 Å². The number of nitrogens with zero attached hydrogens (tertiary/aromatic N) is 1. The van der Waals surface area contributed by atoms with Crippen molar-refractivity contribution >= 4 is 35.8 Å². The molecule has 1 aromatic rings. The maximum absolute atomic E-state index is 11.4. The molecule has 0 spiro atoms. The van der Waals surface area contributed by atoms with Crippen molar-refractivity contribution in [3.8, 4) is 11.5 Å². The van der Waals surface area contributed by atoms with Gasteiger partial charge in [-0.1, -0.05) is 12.1 Å². The van der Waals surface area contributed by atoms with Gasteiger partial charge in [0.05, 0.1) is 18.5 Å². The molecule has 1 atom stereocenters. The Labute approximate surface area is 165 Å². The van der Waals surface area contributed by atoms with Crippen LogP contribution in [0.2, 0.25) is 0 Å². The highest BCUT2D eigenvalue weighted by Gasteiger charge is 2.25. The van der Waals surface area contributed by atoms with E-state index in [1.165, 1.54) is 0 Å². The summed E-state index contributed by atoms with van der Waals surface area (Å²) in [7, 11) is 0. The van der Waals surface area contributed by atoms with Crippen molar-refractivity contribution in [3.05, 3.63) is 24.3 Å². The minimum Gasteiger partial charge on any atom is -0.486 e. The molecule has 4 N–H and O–H groups in total. The summed E-state index contributed by atoms with van der Waals surface area (Å²) < 4.78 is 11.6. The van der Waals surface area contributed by atoms with Gasteiger partial charge in [-0.05, 0) is 32.9 Å². The molecule has 0 fully saturated rings. The molecule has 25 heavy (non-hydrogen) atoms. The molecule has 1 amide bonds. The summed E-state index contributed by atoms with van der Waals surface area (Å²) in [5.41, 5.74) is 4.69. The molecule has 1 aliphatic heterocycles. The van der Waals surface area contributed by atoms with Gasteiger partial charge >= 0.3 is 0 Å². The molecule has 0 aliphatic carbocycles. The van der Waals surface area contributed by atoms with E-state index in [-0.39, 0.29) is 36.0 Å². The number of halogens is 1. The quantitative estimate of drug-likeness (QED) is 0.338. The molecule has 7 nitrogen and oxygen atoms in total. The minimum atomic E-state index is -0.689. The van der Waals surface area contributed by atoms with E-state index >= 15 is 0 Å². The molecule has 0 saturated carbocycles. The van der Waals surface area contributed by atoms with Gasteiger partial charge in [0.25, 0.3) is 0 Å². The van der Waals surface area contributed by atoms with E-state index in [9.17, 15) is 4.79 Å². The smallest absolute Gasteiger partial charge is 0.224 e. The molecule has 0 radical (unpaired) electrons. The van der Waals surface area contributed by atoms with Crippen LogP contribution in [0.4, 0.5) is 0 Å². The predicted molar refractivity (Wildman–Crippen MR) is 109 cm³/mol. The lowest BCUT2D eigenvalue weighted by Gasteiger charge is -2.27. The van der Waals surface area contributed by atoms with Crippen molar-refractivity contribution in [1.82, 2.24) is 10.6 Å². The minimum absolute atomic E-state index is 0. The highest BCUT2D eigenvalue weighted by Crippen LogP contribution is 2.30. The number of ether oxygens (including phenoxy) is 2. The Morgan fingerprint density at radius 1 is 1.32 bits per heavy atom. The maximum Gasteiger partial charge on any atom is 0.224 e. The van der Waals surface area contributed by atoms with E-state index < -0.39 is 5.41 Å². The van der Waals surface area contributed by atoms with Gasteiger partial charge in [-0.3, -0.25) is 9.79 Å². The fraction of sp³-hybridized carbons (Fsp3) is 0.529. The van der Waals surface area contributed by atoms with Gasteiger partial charge in [0.2, 0.25) is 5.91 Å². The maximum atomic E-state index is 11.4. The topological polar surface area (TPSA) is 98.0 Å². The first-order valence-corrected chi connectivity index (χ1v) is 8.13. The number of nitrogens with two attached hydrogens (primary N) is 1. The number of nitrogens with one attached hydrogen (secondary N) is 2. The van der Waals surface area contributed by atoms with Crippen molar-refractivity contribution < 1.29 is 14.3 Å². The number of benzene rings is 1. The Balaban J connectivity index is 0.00000312. The van der Waals surface area contributed by atoms with Crippen LogP contribution >= 0.6 is 24.0 Å². The van der Waals surface area contributed by atoms with Gasteiger partial charge in [0.15, 0.2) is 17.5 Å². The van der Waals surface area contributed by atoms with Crippen LogP contribution < -0.4 is 25.8 Å². The summed E-state index contributed by atoms with van der Waals surface area (Å²) in [4.78, 5) is 15.8. The fourth-order valence-electron chi connectivity index (χ4n) is 2.07. The van der Waals surface area contributed by atoms with Crippen LogP contribution in [0, 0.1) is 5.41 Å². The van der Waals surface area contributed by atoms with Crippen molar-refractivity contribution in [1.29, 1.82) is 0 Å². The number of hydrogen-bond donors (Lipinski definition) is 3. The van der Waals surface area contributed by atoms with Gasteiger partial charge in [-0.25, -0.2) is 0 Å². The van der Waals surface area contributed by atoms with Gasteiger partial charge in [-0.2, -0.15) is 0 Å². The number of aliphatic imine (C=N–C) groups is 1. The first-order valence-electron chi connectivity index (χ1n) is 8.13.